The van der Waals surface area contributed by atoms with Gasteiger partial charge in [0.1, 0.15) is 5.82 Å². The molecule has 1 saturated carbocycles. The van der Waals surface area contributed by atoms with Crippen molar-refractivity contribution in [2.45, 2.75) is 31.3 Å². The normalized spacial score (nSPS) is 19.0. The summed E-state index contributed by atoms with van der Waals surface area (Å²) < 4.78 is 0. The highest BCUT2D eigenvalue weighted by Crippen LogP contribution is 2.29. The SMILES string of the molecule is Nc1ccnc(NCC2(O)CCCC2)n1. The maximum absolute atomic E-state index is 10.1. The third-order valence-corrected chi connectivity index (χ3v) is 2.79. The van der Waals surface area contributed by atoms with E-state index in [1.807, 2.05) is 0 Å². The highest BCUT2D eigenvalue weighted by Gasteiger charge is 2.30. The van der Waals surface area contributed by atoms with Gasteiger partial charge in [0.15, 0.2) is 0 Å². The van der Waals surface area contributed by atoms with Crippen LogP contribution in [0.3, 0.4) is 0 Å². The zero-order chi connectivity index (χ0) is 10.7. The van der Waals surface area contributed by atoms with Gasteiger partial charge in [-0.1, -0.05) is 12.8 Å². The summed E-state index contributed by atoms with van der Waals surface area (Å²) >= 11 is 0. The summed E-state index contributed by atoms with van der Waals surface area (Å²) in [7, 11) is 0. The zero-order valence-electron chi connectivity index (χ0n) is 8.61. The van der Waals surface area contributed by atoms with Crippen LogP contribution in [0.4, 0.5) is 11.8 Å². The molecule has 0 aliphatic heterocycles. The fourth-order valence-corrected chi connectivity index (χ4v) is 1.91. The number of nitrogens with one attached hydrogen (secondary N) is 1. The van der Waals surface area contributed by atoms with Gasteiger partial charge in [0.25, 0.3) is 0 Å². The van der Waals surface area contributed by atoms with Gasteiger partial charge in [-0.2, -0.15) is 4.98 Å². The monoisotopic (exact) mass is 208 g/mol. The Bertz CT molecular complexity index is 336. The van der Waals surface area contributed by atoms with Crippen molar-refractivity contribution in [1.29, 1.82) is 0 Å². The van der Waals surface area contributed by atoms with Crippen LogP contribution < -0.4 is 11.1 Å². The van der Waals surface area contributed by atoms with Gasteiger partial charge >= 0.3 is 0 Å². The Morgan fingerprint density at radius 3 is 2.87 bits per heavy atom. The van der Waals surface area contributed by atoms with Gasteiger partial charge in [0, 0.05) is 12.7 Å². The molecule has 1 fully saturated rings. The number of hydrogen-bond acceptors (Lipinski definition) is 5. The lowest BCUT2D eigenvalue weighted by Gasteiger charge is -2.22. The van der Waals surface area contributed by atoms with Crippen molar-refractivity contribution >= 4 is 11.8 Å². The molecule has 5 nitrogen and oxygen atoms in total. The first-order valence-corrected chi connectivity index (χ1v) is 5.23. The van der Waals surface area contributed by atoms with Gasteiger partial charge in [0.05, 0.1) is 5.60 Å². The molecule has 1 aliphatic rings. The molecule has 1 aromatic rings. The maximum Gasteiger partial charge on any atom is 0.224 e. The number of aliphatic hydroxyl groups is 1. The molecule has 0 radical (unpaired) electrons. The molecule has 1 aliphatic carbocycles. The third-order valence-electron chi connectivity index (χ3n) is 2.79. The van der Waals surface area contributed by atoms with Crippen molar-refractivity contribution in [3.63, 3.8) is 0 Å². The maximum atomic E-state index is 10.1. The average Bonchev–Trinajstić information content (AvgIpc) is 2.63. The molecule has 15 heavy (non-hydrogen) atoms. The number of aromatic nitrogens is 2. The molecular formula is C10H16N4O. The highest BCUT2D eigenvalue weighted by atomic mass is 16.3. The summed E-state index contributed by atoms with van der Waals surface area (Å²) in [5.41, 5.74) is 4.93. The van der Waals surface area contributed by atoms with Crippen LogP contribution in [0.5, 0.6) is 0 Å². The van der Waals surface area contributed by atoms with E-state index in [0.717, 1.165) is 25.7 Å². The van der Waals surface area contributed by atoms with Crippen molar-refractivity contribution in [3.8, 4) is 0 Å². The number of rotatable bonds is 3. The third kappa shape index (κ3) is 2.56. The lowest BCUT2D eigenvalue weighted by Crippen LogP contribution is -2.33. The first kappa shape index (κ1) is 10.2. The number of nitrogen functional groups attached to an aromatic ring is 1. The predicted octanol–water partition coefficient (Wildman–Crippen LogP) is 0.776. The Kier molecular flexibility index (Phi) is 2.73. The summed E-state index contributed by atoms with van der Waals surface area (Å²) in [6.45, 7) is 0.496. The topological polar surface area (TPSA) is 84.1 Å². The number of hydrogen-bond donors (Lipinski definition) is 3. The zero-order valence-corrected chi connectivity index (χ0v) is 8.61. The van der Waals surface area contributed by atoms with E-state index < -0.39 is 5.60 Å². The molecule has 0 unspecified atom stereocenters. The number of nitrogens with zero attached hydrogens (tertiary/aromatic N) is 2. The molecule has 4 N–H and O–H groups in total. The van der Waals surface area contributed by atoms with Crippen LogP contribution in [0.15, 0.2) is 12.3 Å². The van der Waals surface area contributed by atoms with Crippen molar-refractivity contribution < 1.29 is 5.11 Å². The fourth-order valence-electron chi connectivity index (χ4n) is 1.91. The molecule has 0 bridgehead atoms. The molecule has 2 rings (SSSR count). The quantitative estimate of drug-likeness (QED) is 0.683. The lowest BCUT2D eigenvalue weighted by atomic mass is 10.0. The van der Waals surface area contributed by atoms with Gasteiger partial charge in [0.2, 0.25) is 5.95 Å². The first-order valence-electron chi connectivity index (χ1n) is 5.23. The van der Waals surface area contributed by atoms with E-state index in [4.69, 9.17) is 5.73 Å². The molecule has 1 heterocycles. The largest absolute Gasteiger partial charge is 0.388 e. The second-order valence-electron chi connectivity index (χ2n) is 4.09. The molecule has 5 heteroatoms. The minimum atomic E-state index is -0.589. The van der Waals surface area contributed by atoms with Gasteiger partial charge in [-0.05, 0) is 18.9 Å². The predicted molar refractivity (Wildman–Crippen MR) is 58.4 cm³/mol. The van der Waals surface area contributed by atoms with E-state index in [0.29, 0.717) is 18.3 Å². The van der Waals surface area contributed by atoms with Gasteiger partial charge in [-0.3, -0.25) is 0 Å². The second kappa shape index (κ2) is 4.02. The van der Waals surface area contributed by atoms with Crippen LogP contribution >= 0.6 is 0 Å². The highest BCUT2D eigenvalue weighted by molar-refractivity contribution is 5.35. The number of anilines is 2. The van der Waals surface area contributed by atoms with Crippen LogP contribution in [-0.4, -0.2) is 27.2 Å². The summed E-state index contributed by atoms with van der Waals surface area (Å²) in [6, 6.07) is 1.63. The van der Waals surface area contributed by atoms with Crippen LogP contribution in [0, 0.1) is 0 Å². The summed E-state index contributed by atoms with van der Waals surface area (Å²) in [5.74, 6) is 0.918. The molecule has 0 amide bonds. The van der Waals surface area contributed by atoms with Crippen molar-refractivity contribution in [2.24, 2.45) is 0 Å². The molecule has 1 aromatic heterocycles. The van der Waals surface area contributed by atoms with Gasteiger partial charge in [-0.25, -0.2) is 4.98 Å². The molecule has 0 spiro atoms. The van der Waals surface area contributed by atoms with E-state index in [9.17, 15) is 5.11 Å². The van der Waals surface area contributed by atoms with Crippen molar-refractivity contribution in [1.82, 2.24) is 9.97 Å². The average molecular weight is 208 g/mol. The van der Waals surface area contributed by atoms with Crippen LogP contribution in [0.25, 0.3) is 0 Å². The molecule has 0 atom stereocenters. The van der Waals surface area contributed by atoms with E-state index in [1.54, 1.807) is 12.3 Å². The molecular weight excluding hydrogens is 192 g/mol. The summed E-state index contributed by atoms with van der Waals surface area (Å²) in [5, 5.41) is 13.1. The molecule has 0 saturated heterocycles. The van der Waals surface area contributed by atoms with Crippen LogP contribution in [0.2, 0.25) is 0 Å². The Hall–Kier alpha value is -1.36. The van der Waals surface area contributed by atoms with Crippen molar-refractivity contribution in [3.05, 3.63) is 12.3 Å². The second-order valence-corrected chi connectivity index (χ2v) is 4.09. The van der Waals surface area contributed by atoms with Crippen LogP contribution in [-0.2, 0) is 0 Å². The summed E-state index contributed by atoms with van der Waals surface area (Å²) in [6.07, 6.45) is 5.49. The lowest BCUT2D eigenvalue weighted by molar-refractivity contribution is 0.0613. The van der Waals surface area contributed by atoms with Gasteiger partial charge in [-0.15, -0.1) is 0 Å². The van der Waals surface area contributed by atoms with E-state index >= 15 is 0 Å². The fraction of sp³-hybridized carbons (Fsp3) is 0.600. The Morgan fingerprint density at radius 2 is 2.20 bits per heavy atom. The molecule has 0 aromatic carbocycles. The Morgan fingerprint density at radius 1 is 1.47 bits per heavy atom. The minimum absolute atomic E-state index is 0.436. The van der Waals surface area contributed by atoms with E-state index in [2.05, 4.69) is 15.3 Å². The van der Waals surface area contributed by atoms with Crippen LogP contribution in [0.1, 0.15) is 25.7 Å². The standard InChI is InChI=1S/C10H16N4O/c11-8-3-6-12-9(14-8)13-7-10(15)4-1-2-5-10/h3,6,15H,1-2,4-5,7H2,(H3,11,12,13,14). The van der Waals surface area contributed by atoms with Crippen molar-refractivity contribution in [2.75, 3.05) is 17.6 Å². The van der Waals surface area contributed by atoms with E-state index in [-0.39, 0.29) is 0 Å². The number of nitrogens with two attached hydrogens (primary N) is 1. The minimum Gasteiger partial charge on any atom is -0.388 e. The first-order chi connectivity index (χ1) is 7.18. The van der Waals surface area contributed by atoms with Gasteiger partial charge < -0.3 is 16.2 Å². The smallest absolute Gasteiger partial charge is 0.224 e. The Balaban J connectivity index is 1.92. The van der Waals surface area contributed by atoms with E-state index in [1.165, 1.54) is 0 Å². The summed E-state index contributed by atoms with van der Waals surface area (Å²) in [4.78, 5) is 8.03. The molecule has 82 valence electrons. The Labute approximate surface area is 88.7 Å².